The highest BCUT2D eigenvalue weighted by atomic mass is 32.2. The van der Waals surface area contributed by atoms with Gasteiger partial charge in [0.1, 0.15) is 5.75 Å². The summed E-state index contributed by atoms with van der Waals surface area (Å²) in [7, 11) is 1.44. The minimum atomic E-state index is -3.59. The van der Waals surface area contributed by atoms with Crippen LogP contribution in [0.5, 0.6) is 5.75 Å². The summed E-state index contributed by atoms with van der Waals surface area (Å²) in [5.41, 5.74) is 1.94. The predicted octanol–water partition coefficient (Wildman–Crippen LogP) is 4.52. The van der Waals surface area contributed by atoms with E-state index < -0.39 is 15.4 Å². The summed E-state index contributed by atoms with van der Waals surface area (Å²) < 4.78 is 33.4. The minimum absolute atomic E-state index is 0.00625. The van der Waals surface area contributed by atoms with Crippen molar-refractivity contribution in [2.75, 3.05) is 27.0 Å². The zero-order valence-electron chi connectivity index (χ0n) is 21.1. The highest BCUT2D eigenvalue weighted by Gasteiger charge is 2.42. The molecular weight excluding hydrogens is 448 g/mol. The molecule has 0 saturated carbocycles. The lowest BCUT2D eigenvalue weighted by atomic mass is 9.87. The molecule has 0 radical (unpaired) electrons. The van der Waals surface area contributed by atoms with Gasteiger partial charge in [-0.1, -0.05) is 57.0 Å². The Morgan fingerprint density at radius 3 is 2.47 bits per heavy atom. The van der Waals surface area contributed by atoms with E-state index >= 15 is 0 Å². The number of hydrogen-bond acceptors (Lipinski definition) is 5. The molecular formula is C27H38N2O4S. The maximum atomic E-state index is 13.8. The molecule has 0 fully saturated rings. The quantitative estimate of drug-likeness (QED) is 0.564. The van der Waals surface area contributed by atoms with Crippen molar-refractivity contribution in [1.29, 1.82) is 0 Å². The van der Waals surface area contributed by atoms with E-state index in [-0.39, 0.29) is 24.1 Å². The zero-order chi connectivity index (χ0) is 24.9. The molecule has 2 aromatic rings. The summed E-state index contributed by atoms with van der Waals surface area (Å²) in [5.74, 6) is 0.656. The first-order valence-electron chi connectivity index (χ1n) is 12.1. The number of carbonyl (C=O) groups excluding carboxylic acids is 1. The van der Waals surface area contributed by atoms with Gasteiger partial charge in [0.2, 0.25) is 5.91 Å². The number of carbonyl (C=O) groups is 1. The van der Waals surface area contributed by atoms with E-state index in [0.717, 1.165) is 30.4 Å². The van der Waals surface area contributed by atoms with Gasteiger partial charge in [0.05, 0.1) is 23.8 Å². The van der Waals surface area contributed by atoms with E-state index in [2.05, 4.69) is 19.2 Å². The van der Waals surface area contributed by atoms with Gasteiger partial charge in [0, 0.05) is 26.1 Å². The molecule has 3 rings (SSSR count). The Labute approximate surface area is 204 Å². The number of nitrogens with one attached hydrogen (secondary N) is 1. The number of fused-ring (bicyclic) bond motifs is 1. The number of sulfone groups is 1. The van der Waals surface area contributed by atoms with Gasteiger partial charge in [0.15, 0.2) is 9.84 Å². The molecule has 6 nitrogen and oxygen atoms in total. The van der Waals surface area contributed by atoms with Gasteiger partial charge in [-0.15, -0.1) is 0 Å². The van der Waals surface area contributed by atoms with E-state index in [4.69, 9.17) is 4.74 Å². The molecule has 2 atom stereocenters. The largest absolute Gasteiger partial charge is 0.496 e. The topological polar surface area (TPSA) is 75.7 Å². The van der Waals surface area contributed by atoms with Gasteiger partial charge >= 0.3 is 0 Å². The summed E-state index contributed by atoms with van der Waals surface area (Å²) >= 11 is 0. The third-order valence-electron chi connectivity index (χ3n) is 6.90. The number of aryl methyl sites for hydroxylation is 1. The smallest absolute Gasteiger partial charge is 0.222 e. The third-order valence-corrected chi connectivity index (χ3v) is 8.86. The number of nitrogens with zero attached hydrogens (tertiary/aromatic N) is 1. The summed E-state index contributed by atoms with van der Waals surface area (Å²) in [6, 6.07) is 13.3. The average Bonchev–Trinajstić information content (AvgIpc) is 2.93. The second-order valence-corrected chi connectivity index (χ2v) is 11.4. The van der Waals surface area contributed by atoms with Crippen molar-refractivity contribution in [3.8, 4) is 5.75 Å². The summed E-state index contributed by atoms with van der Waals surface area (Å²) in [6.07, 6.45) is 4.17. The fourth-order valence-corrected chi connectivity index (χ4v) is 6.95. The first-order chi connectivity index (χ1) is 16.2. The molecule has 186 valence electrons. The highest BCUT2D eigenvalue weighted by molar-refractivity contribution is 7.91. The van der Waals surface area contributed by atoms with Crippen LogP contribution in [0.4, 0.5) is 0 Å². The van der Waals surface area contributed by atoms with E-state index in [1.54, 1.807) is 32.2 Å². The highest BCUT2D eigenvalue weighted by Crippen LogP contribution is 2.41. The zero-order valence-corrected chi connectivity index (χ0v) is 21.9. The molecule has 0 spiro atoms. The molecule has 2 aromatic carbocycles. The predicted molar refractivity (Wildman–Crippen MR) is 136 cm³/mol. The lowest BCUT2D eigenvalue weighted by Crippen LogP contribution is -2.50. The van der Waals surface area contributed by atoms with Crippen LogP contribution in [0.2, 0.25) is 0 Å². The standard InChI is InChI=1S/C27H38N2O4S/c1-6-8-16-27(7-2)19-34(31,32)24-17-21(14-15-25(30)29(3)4)23(33-5)18-22(24)26(28-27)20-12-10-9-11-13-20/h9-13,17-18,26,28H,6-8,14-16,19H2,1-5H3/t26-,27-/m1/s1. The van der Waals surface area contributed by atoms with Crippen molar-refractivity contribution in [3.05, 3.63) is 59.2 Å². The van der Waals surface area contributed by atoms with Crippen molar-refractivity contribution < 1.29 is 17.9 Å². The van der Waals surface area contributed by atoms with Crippen LogP contribution in [0.15, 0.2) is 47.4 Å². The van der Waals surface area contributed by atoms with Crippen LogP contribution in [0, 0.1) is 0 Å². The van der Waals surface area contributed by atoms with Crippen molar-refractivity contribution in [3.63, 3.8) is 0 Å². The van der Waals surface area contributed by atoms with Gasteiger partial charge < -0.3 is 9.64 Å². The van der Waals surface area contributed by atoms with E-state index in [1.807, 2.05) is 36.4 Å². The second-order valence-electron chi connectivity index (χ2n) is 9.47. The van der Waals surface area contributed by atoms with Crippen molar-refractivity contribution in [2.24, 2.45) is 0 Å². The van der Waals surface area contributed by atoms with Crippen molar-refractivity contribution >= 4 is 15.7 Å². The van der Waals surface area contributed by atoms with Crippen molar-refractivity contribution in [1.82, 2.24) is 10.2 Å². The maximum Gasteiger partial charge on any atom is 0.222 e. The number of hydrogen-bond donors (Lipinski definition) is 1. The second kappa shape index (κ2) is 10.9. The molecule has 0 unspecified atom stereocenters. The fraction of sp³-hybridized carbons (Fsp3) is 0.519. The molecule has 1 N–H and O–H groups in total. The Morgan fingerprint density at radius 2 is 1.88 bits per heavy atom. The van der Waals surface area contributed by atoms with Crippen LogP contribution < -0.4 is 10.1 Å². The normalized spacial score (nSPS) is 21.4. The molecule has 7 heteroatoms. The van der Waals surface area contributed by atoms with Crippen LogP contribution in [0.1, 0.15) is 68.7 Å². The molecule has 1 amide bonds. The third kappa shape index (κ3) is 5.63. The molecule has 0 aromatic heterocycles. The van der Waals surface area contributed by atoms with E-state index in [9.17, 15) is 13.2 Å². The Kier molecular flexibility index (Phi) is 8.42. The average molecular weight is 487 g/mol. The van der Waals surface area contributed by atoms with Gasteiger partial charge in [-0.3, -0.25) is 10.1 Å². The summed E-state index contributed by atoms with van der Waals surface area (Å²) in [4.78, 5) is 14.1. The Hall–Kier alpha value is -2.38. The Balaban J connectivity index is 2.18. The number of rotatable bonds is 9. The van der Waals surface area contributed by atoms with Gasteiger partial charge in [-0.2, -0.15) is 0 Å². The number of methoxy groups -OCH3 is 1. The molecule has 34 heavy (non-hydrogen) atoms. The molecule has 0 aliphatic carbocycles. The lowest BCUT2D eigenvalue weighted by molar-refractivity contribution is -0.128. The number of amides is 1. The number of unbranched alkanes of at least 4 members (excludes halogenated alkanes) is 1. The molecule has 0 bridgehead atoms. The molecule has 1 aliphatic heterocycles. The fourth-order valence-electron chi connectivity index (χ4n) is 4.78. The van der Waals surface area contributed by atoms with Gasteiger partial charge in [-0.25, -0.2) is 8.42 Å². The van der Waals surface area contributed by atoms with Gasteiger partial charge in [0.25, 0.3) is 0 Å². The van der Waals surface area contributed by atoms with Crippen LogP contribution in [0.25, 0.3) is 0 Å². The number of ether oxygens (including phenoxy) is 1. The van der Waals surface area contributed by atoms with Gasteiger partial charge in [-0.05, 0) is 48.1 Å². The van der Waals surface area contributed by atoms with Crippen LogP contribution in [-0.2, 0) is 21.1 Å². The van der Waals surface area contributed by atoms with E-state index in [1.165, 1.54) is 0 Å². The minimum Gasteiger partial charge on any atom is -0.496 e. The lowest BCUT2D eigenvalue weighted by Gasteiger charge is -2.36. The first-order valence-corrected chi connectivity index (χ1v) is 13.8. The molecule has 0 saturated heterocycles. The van der Waals surface area contributed by atoms with Crippen LogP contribution in [-0.4, -0.2) is 51.7 Å². The summed E-state index contributed by atoms with van der Waals surface area (Å²) in [6.45, 7) is 4.19. The van der Waals surface area contributed by atoms with Crippen LogP contribution >= 0.6 is 0 Å². The monoisotopic (exact) mass is 486 g/mol. The number of benzene rings is 2. The van der Waals surface area contributed by atoms with Crippen LogP contribution in [0.3, 0.4) is 0 Å². The summed E-state index contributed by atoms with van der Waals surface area (Å²) in [5, 5.41) is 3.78. The SMILES string of the molecule is CCCC[C@]1(CC)CS(=O)(=O)c2cc(CCC(=O)N(C)C)c(OC)cc2[C@@H](c2ccccc2)N1. The molecule has 1 aliphatic rings. The molecule has 1 heterocycles. The first kappa shape index (κ1) is 26.2. The van der Waals surface area contributed by atoms with E-state index in [0.29, 0.717) is 29.1 Å². The maximum absolute atomic E-state index is 13.8. The Morgan fingerprint density at radius 1 is 1.18 bits per heavy atom. The Bertz CT molecular complexity index is 1100. The van der Waals surface area contributed by atoms with Crippen molar-refractivity contribution in [2.45, 2.75) is 68.8 Å².